The standard InChI is InChI=1S/C21H19FN2O4/c1-2-27-19-9-5-15(6-10-19)11-17(12-23)21(26)28-14-20(25)24-13-16-3-7-18(22)8-4-16/h3-11H,2,13-14H2,1H3,(H,24,25)/b17-11+. The predicted octanol–water partition coefficient (Wildman–Crippen LogP) is 2.99. The van der Waals surface area contributed by atoms with Crippen LogP contribution in [0.15, 0.2) is 54.1 Å². The Balaban J connectivity index is 1.86. The maximum absolute atomic E-state index is 12.8. The van der Waals surface area contributed by atoms with Crippen LogP contribution in [0.4, 0.5) is 4.39 Å². The molecule has 0 saturated heterocycles. The third-order valence-electron chi connectivity index (χ3n) is 3.58. The van der Waals surface area contributed by atoms with Crippen molar-refractivity contribution in [1.82, 2.24) is 5.32 Å². The van der Waals surface area contributed by atoms with Crippen molar-refractivity contribution in [1.29, 1.82) is 5.26 Å². The maximum atomic E-state index is 12.8. The molecule has 7 heteroatoms. The predicted molar refractivity (Wildman–Crippen MR) is 100 cm³/mol. The first-order valence-electron chi connectivity index (χ1n) is 8.54. The van der Waals surface area contributed by atoms with E-state index in [0.717, 1.165) is 0 Å². The van der Waals surface area contributed by atoms with Gasteiger partial charge in [-0.2, -0.15) is 5.26 Å². The molecule has 2 aromatic rings. The molecule has 28 heavy (non-hydrogen) atoms. The Labute approximate surface area is 162 Å². The minimum absolute atomic E-state index is 0.170. The van der Waals surface area contributed by atoms with Crippen LogP contribution >= 0.6 is 0 Å². The van der Waals surface area contributed by atoms with Gasteiger partial charge in [-0.3, -0.25) is 4.79 Å². The van der Waals surface area contributed by atoms with Gasteiger partial charge in [0.05, 0.1) is 6.61 Å². The van der Waals surface area contributed by atoms with Crippen molar-refractivity contribution < 1.29 is 23.5 Å². The molecule has 0 spiro atoms. The summed E-state index contributed by atoms with van der Waals surface area (Å²) in [4.78, 5) is 23.8. The van der Waals surface area contributed by atoms with Crippen molar-refractivity contribution >= 4 is 18.0 Å². The highest BCUT2D eigenvalue weighted by molar-refractivity contribution is 5.98. The van der Waals surface area contributed by atoms with Gasteiger partial charge in [0.15, 0.2) is 6.61 Å². The highest BCUT2D eigenvalue weighted by atomic mass is 19.1. The average molecular weight is 382 g/mol. The Morgan fingerprint density at radius 2 is 1.82 bits per heavy atom. The van der Waals surface area contributed by atoms with Gasteiger partial charge in [-0.1, -0.05) is 24.3 Å². The molecule has 0 unspecified atom stereocenters. The monoisotopic (exact) mass is 382 g/mol. The lowest BCUT2D eigenvalue weighted by molar-refractivity contribution is -0.144. The van der Waals surface area contributed by atoms with Crippen LogP contribution in [0.25, 0.3) is 6.08 Å². The number of amides is 1. The average Bonchev–Trinajstić information content (AvgIpc) is 2.71. The summed E-state index contributed by atoms with van der Waals surface area (Å²) in [6.07, 6.45) is 1.37. The van der Waals surface area contributed by atoms with Gasteiger partial charge >= 0.3 is 5.97 Å². The number of carbonyl (C=O) groups excluding carboxylic acids is 2. The van der Waals surface area contributed by atoms with Crippen LogP contribution in [0, 0.1) is 17.1 Å². The van der Waals surface area contributed by atoms with Crippen molar-refractivity contribution in [3.63, 3.8) is 0 Å². The number of nitrogens with one attached hydrogen (secondary N) is 1. The van der Waals surface area contributed by atoms with Gasteiger partial charge in [0.1, 0.15) is 23.2 Å². The number of esters is 1. The first kappa shape index (κ1) is 20.6. The molecule has 0 bridgehead atoms. The second-order valence-electron chi connectivity index (χ2n) is 5.65. The van der Waals surface area contributed by atoms with Crippen LogP contribution in [0.2, 0.25) is 0 Å². The summed E-state index contributed by atoms with van der Waals surface area (Å²) in [5.74, 6) is -1.12. The molecule has 2 rings (SSSR count). The molecule has 0 heterocycles. The van der Waals surface area contributed by atoms with Crippen LogP contribution in [0.3, 0.4) is 0 Å². The molecule has 144 valence electrons. The zero-order chi connectivity index (χ0) is 20.4. The molecule has 0 aromatic heterocycles. The smallest absolute Gasteiger partial charge is 0.349 e. The number of rotatable bonds is 8. The topological polar surface area (TPSA) is 88.4 Å². The molecule has 2 aromatic carbocycles. The van der Waals surface area contributed by atoms with Gasteiger partial charge in [0.25, 0.3) is 5.91 Å². The lowest BCUT2D eigenvalue weighted by Crippen LogP contribution is -2.28. The van der Waals surface area contributed by atoms with Crippen LogP contribution in [0.5, 0.6) is 5.75 Å². The summed E-state index contributed by atoms with van der Waals surface area (Å²) < 4.78 is 23.0. The summed E-state index contributed by atoms with van der Waals surface area (Å²) >= 11 is 0. The number of ether oxygens (including phenoxy) is 2. The highest BCUT2D eigenvalue weighted by Gasteiger charge is 2.13. The van der Waals surface area contributed by atoms with Crippen LogP contribution in [-0.4, -0.2) is 25.1 Å². The van der Waals surface area contributed by atoms with E-state index in [4.69, 9.17) is 14.7 Å². The van der Waals surface area contributed by atoms with Crippen LogP contribution in [-0.2, 0) is 20.9 Å². The fourth-order valence-corrected chi connectivity index (χ4v) is 2.19. The van der Waals surface area contributed by atoms with Gasteiger partial charge in [0.2, 0.25) is 0 Å². The third kappa shape index (κ3) is 6.57. The van der Waals surface area contributed by atoms with E-state index < -0.39 is 18.5 Å². The lowest BCUT2D eigenvalue weighted by atomic mass is 10.1. The Bertz CT molecular complexity index is 884. The molecule has 0 radical (unpaired) electrons. The number of halogens is 1. The van der Waals surface area contributed by atoms with Crippen LogP contribution < -0.4 is 10.1 Å². The van der Waals surface area contributed by atoms with Crippen molar-refractivity contribution in [2.45, 2.75) is 13.5 Å². The zero-order valence-corrected chi connectivity index (χ0v) is 15.3. The van der Waals surface area contributed by atoms with E-state index in [1.165, 1.54) is 30.3 Å². The molecule has 0 saturated carbocycles. The summed E-state index contributed by atoms with van der Waals surface area (Å²) in [6, 6.07) is 14.2. The molecule has 6 nitrogen and oxygen atoms in total. The molecule has 0 atom stereocenters. The van der Waals surface area contributed by atoms with Crippen molar-refractivity contribution in [2.75, 3.05) is 13.2 Å². The van der Waals surface area contributed by atoms with E-state index in [2.05, 4.69) is 5.32 Å². The first-order valence-corrected chi connectivity index (χ1v) is 8.54. The first-order chi connectivity index (χ1) is 13.5. The number of hydrogen-bond acceptors (Lipinski definition) is 5. The highest BCUT2D eigenvalue weighted by Crippen LogP contribution is 2.15. The number of nitrogens with zero attached hydrogens (tertiary/aromatic N) is 1. The van der Waals surface area contributed by atoms with Gasteiger partial charge in [-0.15, -0.1) is 0 Å². The van der Waals surface area contributed by atoms with E-state index in [1.54, 1.807) is 30.3 Å². The SMILES string of the molecule is CCOc1ccc(/C=C(\C#N)C(=O)OCC(=O)NCc2ccc(F)cc2)cc1. The van der Waals surface area contributed by atoms with E-state index >= 15 is 0 Å². The second-order valence-corrected chi connectivity index (χ2v) is 5.65. The Kier molecular flexibility index (Phi) is 7.73. The van der Waals surface area contributed by atoms with Crippen molar-refractivity contribution in [2.24, 2.45) is 0 Å². The third-order valence-corrected chi connectivity index (χ3v) is 3.58. The summed E-state index contributed by atoms with van der Waals surface area (Å²) in [5, 5.41) is 11.7. The fourth-order valence-electron chi connectivity index (χ4n) is 2.19. The molecule has 0 fully saturated rings. The van der Waals surface area contributed by atoms with E-state index in [9.17, 15) is 14.0 Å². The van der Waals surface area contributed by atoms with Crippen LogP contribution in [0.1, 0.15) is 18.1 Å². The second kappa shape index (κ2) is 10.5. The summed E-state index contributed by atoms with van der Waals surface area (Å²) in [7, 11) is 0. The zero-order valence-electron chi connectivity index (χ0n) is 15.3. The number of nitriles is 1. The summed E-state index contributed by atoms with van der Waals surface area (Å²) in [5.41, 5.74) is 1.10. The van der Waals surface area contributed by atoms with Gasteiger partial charge < -0.3 is 14.8 Å². The largest absolute Gasteiger partial charge is 0.494 e. The van der Waals surface area contributed by atoms with E-state index in [-0.39, 0.29) is 17.9 Å². The van der Waals surface area contributed by atoms with E-state index in [0.29, 0.717) is 23.5 Å². The van der Waals surface area contributed by atoms with E-state index in [1.807, 2.05) is 6.92 Å². The molecule has 0 aliphatic heterocycles. The number of benzene rings is 2. The molecule has 1 amide bonds. The molecular formula is C21H19FN2O4. The Morgan fingerprint density at radius 3 is 2.43 bits per heavy atom. The molecule has 0 aliphatic rings. The Morgan fingerprint density at radius 1 is 1.14 bits per heavy atom. The Hall–Kier alpha value is -3.66. The van der Waals surface area contributed by atoms with Crippen molar-refractivity contribution in [3.8, 4) is 11.8 Å². The van der Waals surface area contributed by atoms with Gasteiger partial charge in [-0.05, 0) is 48.4 Å². The fraction of sp³-hybridized carbons (Fsp3) is 0.190. The molecule has 0 aliphatic carbocycles. The molecule has 1 N–H and O–H groups in total. The minimum atomic E-state index is -0.895. The quantitative estimate of drug-likeness (QED) is 0.431. The minimum Gasteiger partial charge on any atom is -0.494 e. The normalized spacial score (nSPS) is 10.7. The van der Waals surface area contributed by atoms with Gasteiger partial charge in [-0.25, -0.2) is 9.18 Å². The summed E-state index contributed by atoms with van der Waals surface area (Å²) in [6.45, 7) is 2.05. The number of hydrogen-bond donors (Lipinski definition) is 1. The van der Waals surface area contributed by atoms with Gasteiger partial charge in [0, 0.05) is 6.54 Å². The lowest BCUT2D eigenvalue weighted by Gasteiger charge is -2.07. The van der Waals surface area contributed by atoms with Crippen molar-refractivity contribution in [3.05, 3.63) is 71.0 Å². The number of carbonyl (C=O) groups is 2. The molecular weight excluding hydrogens is 363 g/mol. The maximum Gasteiger partial charge on any atom is 0.349 e.